The van der Waals surface area contributed by atoms with Gasteiger partial charge in [-0.15, -0.1) is 12.4 Å². The van der Waals surface area contributed by atoms with Gasteiger partial charge in [-0.2, -0.15) is 0 Å². The molecular weight excluding hydrogens is 356 g/mol. The maximum absolute atomic E-state index is 12.8. The van der Waals surface area contributed by atoms with Gasteiger partial charge < -0.3 is 20.1 Å². The summed E-state index contributed by atoms with van der Waals surface area (Å²) in [6.45, 7) is 0.720. The number of carboxylic acids is 1. The zero-order valence-corrected chi connectivity index (χ0v) is 15.2. The van der Waals surface area contributed by atoms with Gasteiger partial charge in [-0.3, -0.25) is 9.59 Å². The fourth-order valence-electron chi connectivity index (χ4n) is 2.93. The van der Waals surface area contributed by atoms with Crippen LogP contribution in [-0.4, -0.2) is 42.1 Å². The smallest absolute Gasteiger partial charge is 0.308 e. The minimum absolute atomic E-state index is 0. The SMILES string of the molecule is COc1ccc(Nc2ccccc2C(=O)N2CCC(C(=O)O)C2)cc1.Cl. The van der Waals surface area contributed by atoms with E-state index in [2.05, 4.69) is 5.32 Å². The molecule has 6 nitrogen and oxygen atoms in total. The molecule has 1 aliphatic heterocycles. The van der Waals surface area contributed by atoms with Crippen LogP contribution in [0.4, 0.5) is 11.4 Å². The predicted octanol–water partition coefficient (Wildman–Crippen LogP) is 3.41. The Morgan fingerprint density at radius 1 is 1.15 bits per heavy atom. The summed E-state index contributed by atoms with van der Waals surface area (Å²) in [5, 5.41) is 12.4. The molecule has 0 saturated carbocycles. The summed E-state index contributed by atoms with van der Waals surface area (Å²) in [7, 11) is 1.61. The number of carbonyl (C=O) groups is 2. The average molecular weight is 377 g/mol. The Labute approximate surface area is 158 Å². The summed E-state index contributed by atoms with van der Waals surface area (Å²) >= 11 is 0. The van der Waals surface area contributed by atoms with Crippen LogP contribution < -0.4 is 10.1 Å². The van der Waals surface area contributed by atoms with Gasteiger partial charge in [0.05, 0.1) is 24.3 Å². The zero-order valence-electron chi connectivity index (χ0n) is 14.3. The molecule has 1 aliphatic rings. The third-order valence-electron chi connectivity index (χ3n) is 4.35. The van der Waals surface area contributed by atoms with Gasteiger partial charge in [-0.05, 0) is 42.8 Å². The van der Waals surface area contributed by atoms with Crippen molar-refractivity contribution in [2.45, 2.75) is 6.42 Å². The molecule has 0 aliphatic carbocycles. The molecule has 0 radical (unpaired) electrons. The number of carboxylic acid groups (broad SMARTS) is 1. The van der Waals surface area contributed by atoms with Crippen molar-refractivity contribution in [3.8, 4) is 5.75 Å². The summed E-state index contributed by atoms with van der Waals surface area (Å²) in [6.07, 6.45) is 0.495. The molecule has 26 heavy (non-hydrogen) atoms. The van der Waals surface area contributed by atoms with Crippen LogP contribution in [0.25, 0.3) is 0 Å². The van der Waals surface area contributed by atoms with E-state index in [0.29, 0.717) is 24.2 Å². The third-order valence-corrected chi connectivity index (χ3v) is 4.35. The first-order valence-electron chi connectivity index (χ1n) is 8.10. The Balaban J connectivity index is 0.00000243. The highest BCUT2D eigenvalue weighted by molar-refractivity contribution is 6.00. The average Bonchev–Trinajstić information content (AvgIpc) is 3.13. The molecule has 1 fully saturated rings. The first-order chi connectivity index (χ1) is 12.1. The number of hydrogen-bond acceptors (Lipinski definition) is 4. The van der Waals surface area contributed by atoms with E-state index in [1.165, 1.54) is 0 Å². The molecule has 3 rings (SSSR count). The number of carbonyl (C=O) groups excluding carboxylic acids is 1. The molecule has 138 valence electrons. The number of rotatable bonds is 5. The number of aliphatic carboxylic acids is 1. The lowest BCUT2D eigenvalue weighted by Crippen LogP contribution is -2.30. The molecule has 2 aromatic carbocycles. The summed E-state index contributed by atoms with van der Waals surface area (Å²) < 4.78 is 5.14. The fraction of sp³-hybridized carbons (Fsp3) is 0.263. The van der Waals surface area contributed by atoms with E-state index in [1.54, 1.807) is 24.1 Å². The standard InChI is InChI=1S/C19H20N2O4.ClH/c1-25-15-8-6-14(7-9-15)20-17-5-3-2-4-16(17)18(22)21-11-10-13(12-21)19(23)24;/h2-9,13,20H,10-12H2,1H3,(H,23,24);1H. The topological polar surface area (TPSA) is 78.9 Å². The van der Waals surface area contributed by atoms with Gasteiger partial charge in [-0.1, -0.05) is 12.1 Å². The van der Waals surface area contributed by atoms with Gasteiger partial charge in [0.15, 0.2) is 0 Å². The number of para-hydroxylation sites is 1. The summed E-state index contributed by atoms with van der Waals surface area (Å²) in [4.78, 5) is 25.5. The number of benzene rings is 2. The third kappa shape index (κ3) is 4.26. The Hall–Kier alpha value is -2.73. The van der Waals surface area contributed by atoms with Crippen molar-refractivity contribution in [1.29, 1.82) is 0 Å². The van der Waals surface area contributed by atoms with Crippen LogP contribution in [0.2, 0.25) is 0 Å². The molecule has 0 bridgehead atoms. The van der Waals surface area contributed by atoms with Crippen molar-refractivity contribution >= 4 is 35.7 Å². The maximum atomic E-state index is 12.8. The first-order valence-corrected chi connectivity index (χ1v) is 8.10. The molecule has 2 N–H and O–H groups in total. The van der Waals surface area contributed by atoms with Gasteiger partial charge in [-0.25, -0.2) is 0 Å². The highest BCUT2D eigenvalue weighted by Gasteiger charge is 2.31. The van der Waals surface area contributed by atoms with E-state index in [9.17, 15) is 9.59 Å². The Morgan fingerprint density at radius 3 is 2.46 bits per heavy atom. The van der Waals surface area contributed by atoms with Crippen molar-refractivity contribution in [2.24, 2.45) is 5.92 Å². The predicted molar refractivity (Wildman–Crippen MR) is 102 cm³/mol. The minimum Gasteiger partial charge on any atom is -0.497 e. The van der Waals surface area contributed by atoms with Gasteiger partial charge in [0, 0.05) is 18.8 Å². The number of likely N-dealkylation sites (tertiary alicyclic amines) is 1. The second kappa shape index (κ2) is 8.58. The lowest BCUT2D eigenvalue weighted by Gasteiger charge is -2.19. The Kier molecular flexibility index (Phi) is 6.46. The number of amides is 1. The van der Waals surface area contributed by atoms with Crippen molar-refractivity contribution in [1.82, 2.24) is 4.90 Å². The van der Waals surface area contributed by atoms with Crippen molar-refractivity contribution in [3.05, 3.63) is 54.1 Å². The van der Waals surface area contributed by atoms with E-state index in [1.807, 2.05) is 36.4 Å². The Morgan fingerprint density at radius 2 is 1.85 bits per heavy atom. The van der Waals surface area contributed by atoms with Crippen LogP contribution >= 0.6 is 12.4 Å². The number of hydrogen-bond donors (Lipinski definition) is 2. The number of nitrogens with zero attached hydrogens (tertiary/aromatic N) is 1. The molecule has 0 aromatic heterocycles. The number of methoxy groups -OCH3 is 1. The minimum atomic E-state index is -0.847. The van der Waals surface area contributed by atoms with Crippen LogP contribution in [0.5, 0.6) is 5.75 Å². The molecule has 1 amide bonds. The van der Waals surface area contributed by atoms with E-state index in [4.69, 9.17) is 9.84 Å². The van der Waals surface area contributed by atoms with E-state index in [0.717, 1.165) is 11.4 Å². The second-order valence-electron chi connectivity index (χ2n) is 5.97. The van der Waals surface area contributed by atoms with Crippen LogP contribution in [-0.2, 0) is 4.79 Å². The molecule has 7 heteroatoms. The van der Waals surface area contributed by atoms with Gasteiger partial charge in [0.2, 0.25) is 0 Å². The molecule has 0 spiro atoms. The van der Waals surface area contributed by atoms with Crippen molar-refractivity contribution in [2.75, 3.05) is 25.5 Å². The highest BCUT2D eigenvalue weighted by Crippen LogP contribution is 2.26. The monoisotopic (exact) mass is 376 g/mol. The molecule has 1 heterocycles. The van der Waals surface area contributed by atoms with E-state index < -0.39 is 11.9 Å². The van der Waals surface area contributed by atoms with E-state index in [-0.39, 0.29) is 24.9 Å². The zero-order chi connectivity index (χ0) is 17.8. The largest absolute Gasteiger partial charge is 0.497 e. The van der Waals surface area contributed by atoms with Gasteiger partial charge in [0.1, 0.15) is 5.75 Å². The summed E-state index contributed by atoms with van der Waals surface area (Å²) in [6, 6.07) is 14.7. The first kappa shape index (κ1) is 19.6. The molecule has 2 aromatic rings. The molecule has 1 saturated heterocycles. The van der Waals surface area contributed by atoms with Crippen molar-refractivity contribution in [3.63, 3.8) is 0 Å². The summed E-state index contributed by atoms with van der Waals surface area (Å²) in [5.41, 5.74) is 2.06. The number of halogens is 1. The van der Waals surface area contributed by atoms with Gasteiger partial charge in [0.25, 0.3) is 5.91 Å². The lowest BCUT2D eigenvalue weighted by atomic mass is 10.1. The number of nitrogens with one attached hydrogen (secondary N) is 1. The fourth-order valence-corrected chi connectivity index (χ4v) is 2.93. The van der Waals surface area contributed by atoms with Gasteiger partial charge >= 0.3 is 5.97 Å². The molecule has 1 unspecified atom stereocenters. The Bertz CT molecular complexity index is 779. The summed E-state index contributed by atoms with van der Waals surface area (Å²) in [5.74, 6) is -0.724. The lowest BCUT2D eigenvalue weighted by molar-refractivity contribution is -0.141. The van der Waals surface area contributed by atoms with Crippen LogP contribution in [0.15, 0.2) is 48.5 Å². The van der Waals surface area contributed by atoms with Crippen LogP contribution in [0.1, 0.15) is 16.8 Å². The second-order valence-corrected chi connectivity index (χ2v) is 5.97. The maximum Gasteiger partial charge on any atom is 0.308 e. The number of ether oxygens (including phenoxy) is 1. The quantitative estimate of drug-likeness (QED) is 0.836. The van der Waals surface area contributed by atoms with E-state index >= 15 is 0 Å². The molecule has 1 atom stereocenters. The van der Waals surface area contributed by atoms with Crippen molar-refractivity contribution < 1.29 is 19.4 Å². The van der Waals surface area contributed by atoms with Crippen LogP contribution in [0.3, 0.4) is 0 Å². The van der Waals surface area contributed by atoms with Crippen LogP contribution in [0, 0.1) is 5.92 Å². The normalized spacial score (nSPS) is 15.9. The number of anilines is 2. The highest BCUT2D eigenvalue weighted by atomic mass is 35.5. The molecular formula is C19H21ClN2O4.